The summed E-state index contributed by atoms with van der Waals surface area (Å²) in [6.45, 7) is 1.46. The second kappa shape index (κ2) is 36.6. The van der Waals surface area contributed by atoms with Crippen molar-refractivity contribution >= 4 is 33.4 Å². The van der Waals surface area contributed by atoms with Crippen LogP contribution in [0.3, 0.4) is 0 Å². The quantitative estimate of drug-likeness (QED) is 0.0212. The van der Waals surface area contributed by atoms with Crippen LogP contribution < -0.4 is 11.4 Å². The van der Waals surface area contributed by atoms with Gasteiger partial charge >= 0.3 is 33.3 Å². The van der Waals surface area contributed by atoms with Gasteiger partial charge in [0.1, 0.15) is 30.9 Å². The highest BCUT2D eigenvalue weighted by molar-refractivity contribution is 7.61. The third-order valence-corrected chi connectivity index (χ3v) is 15.5. The van der Waals surface area contributed by atoms with Gasteiger partial charge in [-0.25, -0.2) is 13.9 Å². The topological polar surface area (TPSA) is 326 Å². The third-order valence-electron chi connectivity index (χ3n) is 12.9. The molecule has 75 heavy (non-hydrogen) atoms. The van der Waals surface area contributed by atoms with Gasteiger partial charge in [-0.05, 0) is 70.3 Å². The number of carbonyl (C=O) groups excluding carboxylic acids is 2. The average molecular weight is 1100 g/mol. The Balaban J connectivity index is 1.76. The van der Waals surface area contributed by atoms with Crippen LogP contribution in [0.15, 0.2) is 65.7 Å². The minimum absolute atomic E-state index is 0.00933. The molecule has 0 saturated carbocycles. The zero-order valence-electron chi connectivity index (χ0n) is 43.9. The fraction of sp³-hybridized carbons (Fsp3) is 0.731. The van der Waals surface area contributed by atoms with Crippen molar-refractivity contribution in [3.05, 3.63) is 71.4 Å². The summed E-state index contributed by atoms with van der Waals surface area (Å²) in [6, 6.07) is 1.24. The van der Waals surface area contributed by atoms with Gasteiger partial charge < -0.3 is 55.3 Å². The third kappa shape index (κ3) is 27.2. The Morgan fingerprint density at radius 1 is 0.840 bits per heavy atom. The van der Waals surface area contributed by atoms with E-state index in [1.807, 2.05) is 6.92 Å². The van der Waals surface area contributed by atoms with Crippen molar-refractivity contribution in [2.75, 3.05) is 25.6 Å². The molecule has 3 rings (SSSR count). The molecule has 21 nitrogen and oxygen atoms in total. The minimum atomic E-state index is -5.71. The number of rotatable bonds is 24. The minimum Gasteiger partial charge on any atom is -0.462 e. The molecule has 2 aliphatic rings. The Bertz CT molecular complexity index is 2070. The van der Waals surface area contributed by atoms with Crippen molar-refractivity contribution in [3.8, 4) is 0 Å². The summed E-state index contributed by atoms with van der Waals surface area (Å²) in [6.07, 6.45) is 18.6. The number of aromatic nitrogens is 2. The summed E-state index contributed by atoms with van der Waals surface area (Å²) in [7, 11) is -11.3. The standard InChI is InChI=1S/C52H87N3O18P2/c1-3-5-7-8-9-10-11-12-13-14-15-16-17-18-19-20-26-30-48(60)71-40-36-68-47(59)29-25-22-21-24-28-42-44(58)35-43(57)41(32-31-39(56)27-23-6-4-2)49(61)50(62)45(38-70-75(66,67)73-74(64,65)69-37-40)72-51(42)55-34-33-46(53)54-52(55)63/h9-10,12-13,21,24,31-34,39-45,49-51,56-58,61-62H,3-8,11,14-20,22-23,25-30,35-38H2,1-2H3,(H,64,65)(H,66,67)(H2,53,54,63)/b10-9-,13-12-,24-21-,32-31+/t39-,40+,41-,42-,43+,44-,45+,49-,50+,51+/m0/s1. The van der Waals surface area contributed by atoms with Crippen LogP contribution in [-0.4, -0.2) is 119 Å². The van der Waals surface area contributed by atoms with E-state index in [9.17, 15) is 58.8 Å². The summed E-state index contributed by atoms with van der Waals surface area (Å²) in [5, 5.41) is 57.5. The van der Waals surface area contributed by atoms with Crippen LogP contribution in [0.1, 0.15) is 168 Å². The zero-order valence-corrected chi connectivity index (χ0v) is 45.7. The number of aliphatic hydroxyl groups excluding tert-OH is 5. The summed E-state index contributed by atoms with van der Waals surface area (Å²) in [4.78, 5) is 64.3. The van der Waals surface area contributed by atoms with E-state index in [0.29, 0.717) is 25.7 Å². The van der Waals surface area contributed by atoms with Gasteiger partial charge in [0.25, 0.3) is 0 Å². The Labute approximate surface area is 442 Å². The molecule has 12 atom stereocenters. The number of phosphoric ester groups is 2. The highest BCUT2D eigenvalue weighted by atomic mass is 31.3. The van der Waals surface area contributed by atoms with Crippen molar-refractivity contribution in [1.29, 1.82) is 0 Å². The average Bonchev–Trinajstić information content (AvgIpc) is 3.35. The van der Waals surface area contributed by atoms with E-state index in [0.717, 1.165) is 75.2 Å². The number of aliphatic hydroxyl groups is 5. The number of nitrogens with zero attached hydrogens (tertiary/aromatic N) is 2. The van der Waals surface area contributed by atoms with Crippen LogP contribution in [0.4, 0.5) is 5.82 Å². The first kappa shape index (κ1) is 65.9. The summed E-state index contributed by atoms with van der Waals surface area (Å²) in [5.74, 6) is -4.17. The molecule has 428 valence electrons. The van der Waals surface area contributed by atoms with E-state index in [1.54, 1.807) is 12.2 Å². The number of phosphoric acid groups is 2. The number of cyclic esters (lactones) is 1. The molecule has 23 heteroatoms. The number of hydrogen-bond donors (Lipinski definition) is 8. The maximum atomic E-state index is 13.4. The lowest BCUT2D eigenvalue weighted by Gasteiger charge is -2.40. The maximum absolute atomic E-state index is 13.4. The SMILES string of the molecule is CCCCC/C=C\C/C=C\CCCCCCCCCC(=O)O[C@@H]1COC(=O)CCC/C=C\C[C@@H]2[C@H](n3ccc(N)nc3=O)O[C@H](COP(=O)(O)OP(=O)(O)OC1)[C@@H](O)[C@@H](O)[C@@H](/C=C/[C@@H](O)CCCCC)[C@H](O)C[C@@H]2O. The molecule has 2 unspecified atom stereocenters. The lowest BCUT2D eigenvalue weighted by molar-refractivity contribution is -0.194. The van der Waals surface area contributed by atoms with Crippen molar-refractivity contribution in [1.82, 2.24) is 9.55 Å². The molecule has 2 aliphatic heterocycles. The molecular weight excluding hydrogens is 1020 g/mol. The second-order valence-electron chi connectivity index (χ2n) is 19.3. The maximum Gasteiger partial charge on any atom is 0.481 e. The number of ether oxygens (including phenoxy) is 3. The first-order chi connectivity index (χ1) is 35.9. The Hall–Kier alpha value is -3.40. The Kier molecular flexibility index (Phi) is 32.2. The number of allylic oxidation sites excluding steroid dienone is 6. The normalized spacial score (nSPS) is 30.3. The van der Waals surface area contributed by atoms with Crippen molar-refractivity contribution in [2.45, 2.75) is 210 Å². The van der Waals surface area contributed by atoms with Gasteiger partial charge in [-0.15, -0.1) is 0 Å². The van der Waals surface area contributed by atoms with Gasteiger partial charge in [-0.2, -0.15) is 9.29 Å². The van der Waals surface area contributed by atoms with Crippen LogP contribution in [0.25, 0.3) is 0 Å². The molecule has 0 aromatic carbocycles. The molecule has 3 heterocycles. The molecule has 9 N–H and O–H groups in total. The summed E-state index contributed by atoms with van der Waals surface area (Å²) >= 11 is 0. The van der Waals surface area contributed by atoms with Gasteiger partial charge in [0.05, 0.1) is 37.6 Å². The van der Waals surface area contributed by atoms with Crippen LogP contribution in [0.2, 0.25) is 0 Å². The number of fused-ring (bicyclic) bond motifs is 3. The number of unbranched alkanes of at least 4 members (excludes halogenated alkanes) is 12. The molecule has 0 amide bonds. The van der Waals surface area contributed by atoms with Gasteiger partial charge in [-0.3, -0.25) is 23.2 Å². The zero-order chi connectivity index (χ0) is 55.1. The molecule has 0 aliphatic carbocycles. The predicted molar refractivity (Wildman–Crippen MR) is 281 cm³/mol. The number of nitrogens with two attached hydrogens (primary N) is 1. The molecule has 1 aromatic rings. The molecule has 1 fully saturated rings. The van der Waals surface area contributed by atoms with Gasteiger partial charge in [0, 0.05) is 37.3 Å². The lowest BCUT2D eigenvalue weighted by Crippen LogP contribution is -2.52. The number of nitrogen functional groups attached to an aromatic ring is 1. The number of esters is 2. The smallest absolute Gasteiger partial charge is 0.462 e. The van der Waals surface area contributed by atoms with Crippen molar-refractivity contribution in [2.24, 2.45) is 11.8 Å². The first-order valence-electron chi connectivity index (χ1n) is 26.9. The Morgan fingerprint density at radius 2 is 1.48 bits per heavy atom. The molecular formula is C52H87N3O18P2. The largest absolute Gasteiger partial charge is 0.481 e. The molecule has 1 saturated heterocycles. The number of carbonyl (C=O) groups is 2. The summed E-state index contributed by atoms with van der Waals surface area (Å²) in [5.41, 5.74) is 4.78. The molecule has 0 spiro atoms. The van der Waals surface area contributed by atoms with E-state index in [2.05, 4.69) is 40.5 Å². The molecule has 2 bridgehead atoms. The van der Waals surface area contributed by atoms with E-state index in [1.165, 1.54) is 43.7 Å². The fourth-order valence-corrected chi connectivity index (χ4v) is 10.7. The predicted octanol–water partition coefficient (Wildman–Crippen LogP) is 7.72. The lowest BCUT2D eigenvalue weighted by atomic mass is 9.82. The fourth-order valence-electron chi connectivity index (χ4n) is 8.62. The highest BCUT2D eigenvalue weighted by Gasteiger charge is 2.45. The van der Waals surface area contributed by atoms with E-state index in [-0.39, 0.29) is 31.5 Å². The van der Waals surface area contributed by atoms with E-state index < -0.39 is 120 Å². The highest BCUT2D eigenvalue weighted by Crippen LogP contribution is 2.60. The monoisotopic (exact) mass is 1100 g/mol. The summed E-state index contributed by atoms with van der Waals surface area (Å²) < 4.78 is 59.1. The van der Waals surface area contributed by atoms with E-state index >= 15 is 0 Å². The van der Waals surface area contributed by atoms with Gasteiger partial charge in [-0.1, -0.05) is 127 Å². The Morgan fingerprint density at radius 3 is 2.16 bits per heavy atom. The first-order valence-corrected chi connectivity index (χ1v) is 29.9. The van der Waals surface area contributed by atoms with Gasteiger partial charge in [0.2, 0.25) is 0 Å². The molecule has 0 radical (unpaired) electrons. The second-order valence-corrected chi connectivity index (χ2v) is 22.4. The van der Waals surface area contributed by atoms with Crippen LogP contribution >= 0.6 is 15.6 Å². The van der Waals surface area contributed by atoms with Gasteiger partial charge in [0.15, 0.2) is 6.10 Å². The van der Waals surface area contributed by atoms with Crippen LogP contribution in [-0.2, 0) is 46.3 Å². The molecule has 1 aromatic heterocycles. The van der Waals surface area contributed by atoms with Crippen molar-refractivity contribution in [3.63, 3.8) is 0 Å². The number of hydrogen-bond acceptors (Lipinski definition) is 18. The van der Waals surface area contributed by atoms with E-state index in [4.69, 9.17) is 29.0 Å². The van der Waals surface area contributed by atoms with Crippen LogP contribution in [0, 0.1) is 11.8 Å². The van der Waals surface area contributed by atoms with Crippen molar-refractivity contribution < 1.29 is 81.6 Å². The van der Waals surface area contributed by atoms with Crippen LogP contribution in [0.5, 0.6) is 0 Å². The number of anilines is 1.